The number of amides is 2. The first-order valence-corrected chi connectivity index (χ1v) is 8.09. The monoisotopic (exact) mass is 306 g/mol. The molecule has 0 heterocycles. The van der Waals surface area contributed by atoms with Crippen LogP contribution in [0.25, 0.3) is 0 Å². The van der Waals surface area contributed by atoms with E-state index in [0.29, 0.717) is 13.1 Å². The lowest BCUT2D eigenvalue weighted by atomic mass is 9.85. The van der Waals surface area contributed by atoms with Gasteiger partial charge in [0.2, 0.25) is 0 Å². The largest absolute Gasteiger partial charge is 0.508 e. The Kier molecular flexibility index (Phi) is 6.07. The predicted octanol–water partition coefficient (Wildman–Crippen LogP) is 2.32. The van der Waals surface area contributed by atoms with Gasteiger partial charge in [-0.2, -0.15) is 0 Å². The Hall–Kier alpha value is -1.75. The number of benzene rings is 1. The van der Waals surface area contributed by atoms with Crippen molar-refractivity contribution in [3.05, 3.63) is 29.8 Å². The van der Waals surface area contributed by atoms with Gasteiger partial charge >= 0.3 is 6.03 Å². The molecule has 0 atom stereocenters. The van der Waals surface area contributed by atoms with Crippen molar-refractivity contribution in [2.24, 2.45) is 0 Å². The fraction of sp³-hybridized carbons (Fsp3) is 0.588. The molecule has 1 aliphatic rings. The van der Waals surface area contributed by atoms with Crippen LogP contribution in [0.1, 0.15) is 44.1 Å². The van der Waals surface area contributed by atoms with E-state index in [2.05, 4.69) is 10.6 Å². The number of aryl methyl sites for hydroxylation is 1. The molecule has 1 saturated carbocycles. The highest BCUT2D eigenvalue weighted by Crippen LogP contribution is 2.27. The number of aliphatic hydroxyl groups is 1. The Morgan fingerprint density at radius 2 is 1.77 bits per heavy atom. The maximum atomic E-state index is 11.7. The number of phenols is 1. The summed E-state index contributed by atoms with van der Waals surface area (Å²) < 4.78 is 0. The Morgan fingerprint density at radius 1 is 1.09 bits per heavy atom. The summed E-state index contributed by atoms with van der Waals surface area (Å²) in [5.41, 5.74) is 0.415. The summed E-state index contributed by atoms with van der Waals surface area (Å²) in [5, 5.41) is 25.1. The van der Waals surface area contributed by atoms with Gasteiger partial charge in [0.05, 0.1) is 5.60 Å². The Bertz CT molecular complexity index is 467. The molecule has 2 amide bonds. The smallest absolute Gasteiger partial charge is 0.314 e. The number of aromatic hydroxyl groups is 1. The molecule has 2 rings (SSSR count). The van der Waals surface area contributed by atoms with Gasteiger partial charge in [-0.15, -0.1) is 0 Å². The van der Waals surface area contributed by atoms with Crippen LogP contribution in [0.15, 0.2) is 24.3 Å². The highest BCUT2D eigenvalue weighted by molar-refractivity contribution is 5.73. The highest BCUT2D eigenvalue weighted by atomic mass is 16.3. The van der Waals surface area contributed by atoms with E-state index in [4.69, 9.17) is 0 Å². The predicted molar refractivity (Wildman–Crippen MR) is 85.9 cm³/mol. The second-order valence-corrected chi connectivity index (χ2v) is 6.16. The first-order chi connectivity index (χ1) is 10.6. The third-order valence-corrected chi connectivity index (χ3v) is 4.23. The van der Waals surface area contributed by atoms with Crippen LogP contribution in [0, 0.1) is 0 Å². The van der Waals surface area contributed by atoms with Crippen molar-refractivity contribution in [2.45, 2.75) is 50.5 Å². The second-order valence-electron chi connectivity index (χ2n) is 6.16. The van der Waals surface area contributed by atoms with Crippen molar-refractivity contribution in [1.29, 1.82) is 0 Å². The summed E-state index contributed by atoms with van der Waals surface area (Å²) >= 11 is 0. The van der Waals surface area contributed by atoms with Crippen molar-refractivity contribution in [3.8, 4) is 5.75 Å². The van der Waals surface area contributed by atoms with Crippen LogP contribution >= 0.6 is 0 Å². The van der Waals surface area contributed by atoms with Crippen LogP contribution in [0.2, 0.25) is 0 Å². The minimum Gasteiger partial charge on any atom is -0.508 e. The molecule has 1 aromatic carbocycles. The second kappa shape index (κ2) is 8.03. The van der Waals surface area contributed by atoms with Crippen molar-refractivity contribution in [3.63, 3.8) is 0 Å². The Morgan fingerprint density at radius 3 is 2.45 bits per heavy atom. The van der Waals surface area contributed by atoms with Gasteiger partial charge in [0.25, 0.3) is 0 Å². The van der Waals surface area contributed by atoms with Gasteiger partial charge in [-0.05, 0) is 43.4 Å². The SMILES string of the molecule is O=C(NCCCc1ccc(O)cc1)NCC1(O)CCCCC1. The van der Waals surface area contributed by atoms with E-state index < -0.39 is 5.60 Å². The van der Waals surface area contributed by atoms with Crippen LogP contribution in [0.3, 0.4) is 0 Å². The number of urea groups is 1. The molecule has 22 heavy (non-hydrogen) atoms. The van der Waals surface area contributed by atoms with Crippen LogP contribution in [-0.2, 0) is 6.42 Å². The zero-order valence-corrected chi connectivity index (χ0v) is 13.0. The maximum absolute atomic E-state index is 11.7. The zero-order valence-electron chi connectivity index (χ0n) is 13.0. The fourth-order valence-corrected chi connectivity index (χ4v) is 2.85. The molecule has 0 spiro atoms. The molecule has 1 aromatic rings. The molecule has 0 aromatic heterocycles. The summed E-state index contributed by atoms with van der Waals surface area (Å²) in [6.45, 7) is 0.919. The van der Waals surface area contributed by atoms with Gasteiger partial charge in [-0.1, -0.05) is 31.4 Å². The van der Waals surface area contributed by atoms with Gasteiger partial charge in [-0.25, -0.2) is 4.79 Å². The van der Waals surface area contributed by atoms with Gasteiger partial charge in [0.1, 0.15) is 5.75 Å². The Balaban J connectivity index is 1.58. The minimum atomic E-state index is -0.721. The van der Waals surface area contributed by atoms with Crippen molar-refractivity contribution >= 4 is 6.03 Å². The molecule has 1 aliphatic carbocycles. The molecule has 0 radical (unpaired) electrons. The molecule has 0 saturated heterocycles. The highest BCUT2D eigenvalue weighted by Gasteiger charge is 2.29. The molecule has 0 unspecified atom stereocenters. The van der Waals surface area contributed by atoms with E-state index in [-0.39, 0.29) is 11.8 Å². The number of carbonyl (C=O) groups is 1. The summed E-state index contributed by atoms with van der Waals surface area (Å²) in [6, 6.07) is 6.88. The number of hydrogen-bond donors (Lipinski definition) is 4. The average Bonchev–Trinajstić information content (AvgIpc) is 2.52. The summed E-state index contributed by atoms with van der Waals surface area (Å²) in [5.74, 6) is 0.266. The lowest BCUT2D eigenvalue weighted by Crippen LogP contribution is -2.47. The van der Waals surface area contributed by atoms with Gasteiger partial charge < -0.3 is 20.8 Å². The summed E-state index contributed by atoms with van der Waals surface area (Å²) in [6.07, 6.45) is 6.47. The van der Waals surface area contributed by atoms with E-state index in [1.165, 1.54) is 6.42 Å². The van der Waals surface area contributed by atoms with E-state index in [9.17, 15) is 15.0 Å². The number of rotatable bonds is 6. The molecule has 1 fully saturated rings. The maximum Gasteiger partial charge on any atom is 0.314 e. The molecule has 4 N–H and O–H groups in total. The number of nitrogens with one attached hydrogen (secondary N) is 2. The van der Waals surface area contributed by atoms with Crippen molar-refractivity contribution < 1.29 is 15.0 Å². The third kappa shape index (κ3) is 5.56. The normalized spacial score (nSPS) is 17.0. The zero-order chi connectivity index (χ0) is 15.8. The van der Waals surface area contributed by atoms with Crippen LogP contribution in [-0.4, -0.2) is 34.9 Å². The number of carbonyl (C=O) groups excluding carboxylic acids is 1. The van der Waals surface area contributed by atoms with Crippen LogP contribution in [0.4, 0.5) is 4.79 Å². The molecule has 0 bridgehead atoms. The van der Waals surface area contributed by atoms with Crippen molar-refractivity contribution in [2.75, 3.05) is 13.1 Å². The lowest BCUT2D eigenvalue weighted by Gasteiger charge is -2.32. The van der Waals surface area contributed by atoms with E-state index in [1.54, 1.807) is 12.1 Å². The summed E-state index contributed by atoms with van der Waals surface area (Å²) in [4.78, 5) is 11.7. The van der Waals surface area contributed by atoms with Crippen molar-refractivity contribution in [1.82, 2.24) is 10.6 Å². The van der Waals surface area contributed by atoms with Crippen LogP contribution < -0.4 is 10.6 Å². The molecular weight excluding hydrogens is 280 g/mol. The van der Waals surface area contributed by atoms with Gasteiger partial charge in [0, 0.05) is 13.1 Å². The number of phenolic OH excluding ortho intramolecular Hbond substituents is 1. The topological polar surface area (TPSA) is 81.6 Å². The lowest BCUT2D eigenvalue weighted by molar-refractivity contribution is 0.00720. The first kappa shape index (κ1) is 16.6. The van der Waals surface area contributed by atoms with E-state index >= 15 is 0 Å². The first-order valence-electron chi connectivity index (χ1n) is 8.09. The van der Waals surface area contributed by atoms with E-state index in [0.717, 1.165) is 44.1 Å². The standard InChI is InChI=1S/C17H26N2O3/c20-15-8-6-14(7-9-15)5-4-12-18-16(21)19-13-17(22)10-2-1-3-11-17/h6-9,20,22H,1-5,10-13H2,(H2,18,19,21). The average molecular weight is 306 g/mol. The number of hydrogen-bond acceptors (Lipinski definition) is 3. The quantitative estimate of drug-likeness (QED) is 0.609. The molecule has 5 heteroatoms. The molecule has 122 valence electrons. The third-order valence-electron chi connectivity index (χ3n) is 4.23. The Labute approximate surface area is 131 Å². The van der Waals surface area contributed by atoms with Crippen LogP contribution in [0.5, 0.6) is 5.75 Å². The minimum absolute atomic E-state index is 0.218. The summed E-state index contributed by atoms with van der Waals surface area (Å²) in [7, 11) is 0. The van der Waals surface area contributed by atoms with E-state index in [1.807, 2.05) is 12.1 Å². The van der Waals surface area contributed by atoms with Gasteiger partial charge in [-0.3, -0.25) is 0 Å². The fourth-order valence-electron chi connectivity index (χ4n) is 2.85. The molecule has 0 aliphatic heterocycles. The molecule has 5 nitrogen and oxygen atoms in total. The molecular formula is C17H26N2O3. The van der Waals surface area contributed by atoms with Gasteiger partial charge in [0.15, 0.2) is 0 Å².